The van der Waals surface area contributed by atoms with Crippen LogP contribution < -0.4 is 4.90 Å². The molecule has 2 aromatic heterocycles. The van der Waals surface area contributed by atoms with Gasteiger partial charge in [0.2, 0.25) is 0 Å². The largest absolute Gasteiger partial charge is 0.383 e. The van der Waals surface area contributed by atoms with E-state index >= 15 is 0 Å². The van der Waals surface area contributed by atoms with Crippen molar-refractivity contribution in [3.05, 3.63) is 58.9 Å². The number of aromatic nitrogens is 2. The Labute approximate surface area is 149 Å². The molecule has 25 heavy (non-hydrogen) atoms. The lowest BCUT2D eigenvalue weighted by Crippen LogP contribution is -2.31. The topological polar surface area (TPSA) is 30.3 Å². The van der Waals surface area contributed by atoms with Gasteiger partial charge in [-0.2, -0.15) is 0 Å². The van der Waals surface area contributed by atoms with Gasteiger partial charge in [-0.15, -0.1) is 0 Å². The summed E-state index contributed by atoms with van der Waals surface area (Å²) in [5, 5.41) is 1.25. The van der Waals surface area contributed by atoms with E-state index in [9.17, 15) is 0 Å². The Morgan fingerprint density at radius 3 is 2.80 bits per heavy atom. The lowest BCUT2D eigenvalue weighted by molar-refractivity contribution is 0.188. The fraction of sp³-hybridized carbons (Fsp3) is 0.381. The van der Waals surface area contributed by atoms with Crippen LogP contribution in [-0.2, 0) is 24.2 Å². The monoisotopic (exact) mass is 334 g/mol. The first-order chi connectivity index (χ1) is 12.2. The Balaban J connectivity index is 1.81. The summed E-state index contributed by atoms with van der Waals surface area (Å²) in [6, 6.07) is 10.7. The molecule has 3 aromatic rings. The highest BCUT2D eigenvalue weighted by atomic mass is 16.5. The van der Waals surface area contributed by atoms with Gasteiger partial charge in [0.05, 0.1) is 18.3 Å². The predicted octanol–water partition coefficient (Wildman–Crippen LogP) is 3.66. The van der Waals surface area contributed by atoms with Gasteiger partial charge < -0.3 is 14.2 Å². The van der Waals surface area contributed by atoms with Gasteiger partial charge in [-0.05, 0) is 43.0 Å². The molecule has 4 nitrogen and oxygen atoms in total. The van der Waals surface area contributed by atoms with E-state index in [1.807, 2.05) is 6.07 Å². The summed E-state index contributed by atoms with van der Waals surface area (Å²) in [6.45, 7) is 7.80. The number of hydrogen-bond donors (Lipinski definition) is 0. The molecule has 0 N–H and O–H groups in total. The van der Waals surface area contributed by atoms with Gasteiger partial charge in [-0.25, -0.2) is 4.98 Å². The van der Waals surface area contributed by atoms with Crippen molar-refractivity contribution in [3.8, 4) is 0 Å². The summed E-state index contributed by atoms with van der Waals surface area (Å²) in [5.41, 5.74) is 6.66. The second-order valence-electron chi connectivity index (χ2n) is 6.77. The zero-order valence-electron chi connectivity index (χ0n) is 15.2. The van der Waals surface area contributed by atoms with Gasteiger partial charge in [0.1, 0.15) is 0 Å². The smallest absolute Gasteiger partial charge is 0.154 e. The van der Waals surface area contributed by atoms with Gasteiger partial charge in [-0.3, -0.25) is 0 Å². The minimum absolute atomic E-state index is 0.699. The van der Waals surface area contributed by atoms with Crippen LogP contribution in [0.15, 0.2) is 30.3 Å². The fourth-order valence-corrected chi connectivity index (χ4v) is 3.88. The average molecular weight is 334 g/mol. The maximum atomic E-state index is 5.33. The fourth-order valence-electron chi connectivity index (χ4n) is 3.88. The second kappa shape index (κ2) is 6.52. The van der Waals surface area contributed by atoms with E-state index in [2.05, 4.69) is 58.8 Å². The minimum Gasteiger partial charge on any atom is -0.383 e. The minimum atomic E-state index is 0.699. The van der Waals surface area contributed by atoms with Crippen LogP contribution in [0.1, 0.15) is 22.4 Å². The standard InChI is InChI=1S/C21H24N3O/c1-15-16(2)24(12-13-25-3)20-19(15)8-10-22-21(20)23-11-9-17-6-4-5-7-18(17)14-23/h4-8H,9,11-14H2,1-3H3. The molecule has 0 aliphatic carbocycles. The zero-order valence-corrected chi connectivity index (χ0v) is 15.2. The van der Waals surface area contributed by atoms with E-state index < -0.39 is 0 Å². The highest BCUT2D eigenvalue weighted by Crippen LogP contribution is 2.33. The number of aryl methyl sites for hydroxylation is 1. The van der Waals surface area contributed by atoms with Crippen molar-refractivity contribution >= 4 is 16.7 Å². The van der Waals surface area contributed by atoms with Crippen LogP contribution in [0.3, 0.4) is 0 Å². The highest BCUT2D eigenvalue weighted by molar-refractivity contribution is 5.93. The van der Waals surface area contributed by atoms with Crippen molar-refractivity contribution in [2.24, 2.45) is 0 Å². The predicted molar refractivity (Wildman–Crippen MR) is 101 cm³/mol. The van der Waals surface area contributed by atoms with Crippen molar-refractivity contribution in [2.45, 2.75) is 33.4 Å². The lowest BCUT2D eigenvalue weighted by Gasteiger charge is -2.30. The first-order valence-corrected chi connectivity index (χ1v) is 8.88. The van der Waals surface area contributed by atoms with Crippen LogP contribution >= 0.6 is 0 Å². The molecule has 1 aliphatic heterocycles. The summed E-state index contributed by atoms with van der Waals surface area (Å²) in [4.78, 5) is 7.06. The number of anilines is 1. The molecular formula is C21H24N3O. The van der Waals surface area contributed by atoms with E-state index in [4.69, 9.17) is 4.74 Å². The quantitative estimate of drug-likeness (QED) is 0.729. The lowest BCUT2D eigenvalue weighted by atomic mass is 10.00. The molecule has 0 atom stereocenters. The summed E-state index contributed by atoms with van der Waals surface area (Å²) in [6.07, 6.45) is 4.19. The van der Waals surface area contributed by atoms with Crippen molar-refractivity contribution < 1.29 is 4.74 Å². The van der Waals surface area contributed by atoms with Crippen LogP contribution in [0.4, 0.5) is 5.82 Å². The highest BCUT2D eigenvalue weighted by Gasteiger charge is 2.22. The van der Waals surface area contributed by atoms with Gasteiger partial charge in [0, 0.05) is 37.8 Å². The van der Waals surface area contributed by atoms with E-state index in [0.717, 1.165) is 31.9 Å². The van der Waals surface area contributed by atoms with Gasteiger partial charge in [0.25, 0.3) is 0 Å². The second-order valence-corrected chi connectivity index (χ2v) is 6.77. The Morgan fingerprint density at radius 1 is 1.20 bits per heavy atom. The summed E-state index contributed by atoms with van der Waals surface area (Å²) >= 11 is 0. The molecular weight excluding hydrogens is 310 g/mol. The van der Waals surface area contributed by atoms with Gasteiger partial charge >= 0.3 is 0 Å². The molecule has 0 fully saturated rings. The van der Waals surface area contributed by atoms with Crippen LogP contribution in [0.2, 0.25) is 0 Å². The molecule has 4 rings (SSSR count). The van der Waals surface area contributed by atoms with Gasteiger partial charge in [-0.1, -0.05) is 24.3 Å². The molecule has 0 spiro atoms. The maximum Gasteiger partial charge on any atom is 0.154 e. The van der Waals surface area contributed by atoms with E-state index in [-0.39, 0.29) is 0 Å². The molecule has 0 unspecified atom stereocenters. The van der Waals surface area contributed by atoms with Crippen LogP contribution in [0, 0.1) is 20.0 Å². The maximum absolute atomic E-state index is 5.33. The Bertz CT molecular complexity index is 913. The number of rotatable bonds is 4. The number of methoxy groups -OCH3 is 1. The van der Waals surface area contributed by atoms with Crippen molar-refractivity contribution in [3.63, 3.8) is 0 Å². The molecule has 3 heterocycles. The zero-order chi connectivity index (χ0) is 17.4. The number of pyridine rings is 1. The number of hydrogen-bond acceptors (Lipinski definition) is 3. The molecule has 1 aliphatic rings. The van der Waals surface area contributed by atoms with Crippen molar-refractivity contribution in [2.75, 3.05) is 25.2 Å². The third kappa shape index (κ3) is 2.71. The molecule has 1 aromatic carbocycles. The van der Waals surface area contributed by atoms with Crippen LogP contribution in [0.5, 0.6) is 0 Å². The number of benzene rings is 1. The molecule has 0 saturated heterocycles. The average Bonchev–Trinajstić information content (AvgIpc) is 2.90. The molecule has 1 radical (unpaired) electrons. The van der Waals surface area contributed by atoms with E-state index in [0.29, 0.717) is 6.61 Å². The number of fused-ring (bicyclic) bond motifs is 2. The van der Waals surface area contributed by atoms with Crippen LogP contribution in [0.25, 0.3) is 10.9 Å². The Morgan fingerprint density at radius 2 is 2.00 bits per heavy atom. The number of nitrogens with zero attached hydrogens (tertiary/aromatic N) is 3. The molecule has 4 heteroatoms. The van der Waals surface area contributed by atoms with Crippen molar-refractivity contribution in [1.29, 1.82) is 0 Å². The van der Waals surface area contributed by atoms with Gasteiger partial charge in [0.15, 0.2) is 5.82 Å². The normalized spacial score (nSPS) is 14.1. The summed E-state index contributed by atoms with van der Waals surface area (Å²) in [5.74, 6) is 1.04. The third-order valence-corrected chi connectivity index (χ3v) is 5.42. The Hall–Kier alpha value is -2.33. The van der Waals surface area contributed by atoms with Crippen molar-refractivity contribution in [1.82, 2.24) is 9.55 Å². The van der Waals surface area contributed by atoms with E-state index in [1.165, 1.54) is 33.3 Å². The third-order valence-electron chi connectivity index (χ3n) is 5.42. The molecule has 0 bridgehead atoms. The number of ether oxygens (including phenoxy) is 1. The summed E-state index contributed by atoms with van der Waals surface area (Å²) < 4.78 is 7.68. The summed E-state index contributed by atoms with van der Waals surface area (Å²) in [7, 11) is 1.75. The SMILES string of the molecule is COCCn1c(C)c(C)c2c[c]nc(N3CCc4ccccc4C3)c21. The first-order valence-electron chi connectivity index (χ1n) is 8.88. The molecule has 129 valence electrons. The Kier molecular flexibility index (Phi) is 4.22. The van der Waals surface area contributed by atoms with E-state index in [1.54, 1.807) is 7.11 Å². The molecule has 0 saturated carbocycles. The molecule has 0 amide bonds. The first kappa shape index (κ1) is 16.2. The van der Waals surface area contributed by atoms with Crippen LogP contribution in [-0.4, -0.2) is 29.8 Å².